The number of anilines is 1. The van der Waals surface area contributed by atoms with Crippen molar-refractivity contribution < 1.29 is 5.21 Å². The first kappa shape index (κ1) is 12.9. The van der Waals surface area contributed by atoms with Crippen molar-refractivity contribution in [3.05, 3.63) is 28.2 Å². The summed E-state index contributed by atoms with van der Waals surface area (Å²) in [7, 11) is 0. The molecule has 0 spiro atoms. The molecule has 0 aliphatic carbocycles. The van der Waals surface area contributed by atoms with Gasteiger partial charge < -0.3 is 16.3 Å². The summed E-state index contributed by atoms with van der Waals surface area (Å²) in [6.45, 7) is 1.90. The van der Waals surface area contributed by atoms with Crippen LogP contribution in [0, 0.1) is 0 Å². The van der Waals surface area contributed by atoms with Crippen molar-refractivity contribution in [2.75, 3.05) is 5.32 Å². The van der Waals surface area contributed by atoms with Crippen LogP contribution in [-0.2, 0) is 0 Å². The molecule has 6 heteroatoms. The summed E-state index contributed by atoms with van der Waals surface area (Å²) < 4.78 is 0. The lowest BCUT2D eigenvalue weighted by atomic mass is 10.2. The fraction of sp³-hybridized carbons (Fsp3) is 0.300. The predicted octanol–water partition coefficient (Wildman–Crippen LogP) is 2.93. The first-order valence-electron chi connectivity index (χ1n) is 4.71. The molecule has 0 aliphatic heterocycles. The molecule has 0 heterocycles. The zero-order chi connectivity index (χ0) is 12.1. The van der Waals surface area contributed by atoms with E-state index in [0.29, 0.717) is 16.5 Å². The number of nitrogens with zero attached hydrogens (tertiary/aromatic N) is 1. The molecule has 16 heavy (non-hydrogen) atoms. The molecule has 1 atom stereocenters. The van der Waals surface area contributed by atoms with Gasteiger partial charge in [0.15, 0.2) is 0 Å². The highest BCUT2D eigenvalue weighted by Crippen LogP contribution is 2.30. The molecular formula is C10H13Cl2N3O. The SMILES string of the molecule is CC(CC(N)=NO)Nc1cccc(Cl)c1Cl. The summed E-state index contributed by atoms with van der Waals surface area (Å²) in [4.78, 5) is 0. The smallest absolute Gasteiger partial charge is 0.141 e. The summed E-state index contributed by atoms with van der Waals surface area (Å²) >= 11 is 11.9. The van der Waals surface area contributed by atoms with Crippen LogP contribution in [0.15, 0.2) is 23.4 Å². The maximum Gasteiger partial charge on any atom is 0.141 e. The van der Waals surface area contributed by atoms with E-state index in [1.165, 1.54) is 0 Å². The molecule has 0 bridgehead atoms. The largest absolute Gasteiger partial charge is 0.409 e. The predicted molar refractivity (Wildman–Crippen MR) is 67.6 cm³/mol. The highest BCUT2D eigenvalue weighted by molar-refractivity contribution is 6.43. The zero-order valence-electron chi connectivity index (χ0n) is 8.74. The molecule has 0 fully saturated rings. The van der Waals surface area contributed by atoms with E-state index in [0.717, 1.165) is 5.69 Å². The van der Waals surface area contributed by atoms with Gasteiger partial charge in [0.25, 0.3) is 0 Å². The third kappa shape index (κ3) is 3.47. The highest BCUT2D eigenvalue weighted by Gasteiger charge is 2.09. The van der Waals surface area contributed by atoms with E-state index >= 15 is 0 Å². The van der Waals surface area contributed by atoms with Gasteiger partial charge in [-0.2, -0.15) is 0 Å². The van der Waals surface area contributed by atoms with Crippen molar-refractivity contribution in [1.29, 1.82) is 0 Å². The second-order valence-corrected chi connectivity index (χ2v) is 4.23. The molecule has 0 radical (unpaired) electrons. The summed E-state index contributed by atoms with van der Waals surface area (Å²) in [5, 5.41) is 15.4. The Hall–Kier alpha value is -1.13. The zero-order valence-corrected chi connectivity index (χ0v) is 10.3. The third-order valence-electron chi connectivity index (χ3n) is 2.00. The second kappa shape index (κ2) is 5.82. The average molecular weight is 262 g/mol. The molecule has 1 aromatic rings. The average Bonchev–Trinajstić information content (AvgIpc) is 2.24. The highest BCUT2D eigenvalue weighted by atomic mass is 35.5. The van der Waals surface area contributed by atoms with E-state index in [2.05, 4.69) is 10.5 Å². The number of hydrogen-bond donors (Lipinski definition) is 3. The van der Waals surface area contributed by atoms with Crippen molar-refractivity contribution in [2.24, 2.45) is 10.9 Å². The van der Waals surface area contributed by atoms with Crippen molar-refractivity contribution in [3.63, 3.8) is 0 Å². The lowest BCUT2D eigenvalue weighted by Crippen LogP contribution is -2.24. The normalized spacial score (nSPS) is 13.6. The molecule has 0 aromatic heterocycles. The van der Waals surface area contributed by atoms with Gasteiger partial charge in [-0.05, 0) is 19.1 Å². The van der Waals surface area contributed by atoms with Crippen LogP contribution in [0.3, 0.4) is 0 Å². The van der Waals surface area contributed by atoms with Gasteiger partial charge in [-0.25, -0.2) is 0 Å². The Kier molecular flexibility index (Phi) is 4.71. The molecule has 1 aromatic carbocycles. The van der Waals surface area contributed by atoms with Gasteiger partial charge in [0.1, 0.15) is 5.84 Å². The summed E-state index contributed by atoms with van der Waals surface area (Å²) in [5.74, 6) is 0.165. The number of benzene rings is 1. The summed E-state index contributed by atoms with van der Waals surface area (Å²) in [6.07, 6.45) is 0.416. The molecule has 0 amide bonds. The first-order chi connectivity index (χ1) is 7.54. The van der Waals surface area contributed by atoms with Crippen LogP contribution in [0.25, 0.3) is 0 Å². The van der Waals surface area contributed by atoms with Crippen LogP contribution in [0.5, 0.6) is 0 Å². The van der Waals surface area contributed by atoms with Gasteiger partial charge in [0.05, 0.1) is 15.7 Å². The van der Waals surface area contributed by atoms with Gasteiger partial charge in [-0.3, -0.25) is 0 Å². The van der Waals surface area contributed by atoms with Crippen molar-refractivity contribution in [3.8, 4) is 0 Å². The van der Waals surface area contributed by atoms with Gasteiger partial charge in [-0.15, -0.1) is 0 Å². The fourth-order valence-electron chi connectivity index (χ4n) is 1.29. The number of rotatable bonds is 4. The minimum Gasteiger partial charge on any atom is -0.409 e. The quantitative estimate of drug-likeness (QED) is 0.338. The van der Waals surface area contributed by atoms with Crippen LogP contribution < -0.4 is 11.1 Å². The second-order valence-electron chi connectivity index (χ2n) is 3.44. The Balaban J connectivity index is 2.70. The van der Waals surface area contributed by atoms with E-state index in [1.54, 1.807) is 12.1 Å². The van der Waals surface area contributed by atoms with Crippen molar-refractivity contribution >= 4 is 34.7 Å². The standard InChI is InChI=1S/C10H13Cl2N3O/c1-6(5-9(13)15-16)14-8-4-2-3-7(11)10(8)12/h2-4,6,14,16H,5H2,1H3,(H2,13,15). The van der Waals surface area contributed by atoms with Crippen LogP contribution in [0.4, 0.5) is 5.69 Å². The van der Waals surface area contributed by atoms with E-state index in [4.69, 9.17) is 34.1 Å². The minimum absolute atomic E-state index is 0.00753. The number of halogens is 2. The molecule has 4 nitrogen and oxygen atoms in total. The van der Waals surface area contributed by atoms with Crippen LogP contribution in [0.2, 0.25) is 10.0 Å². The Bertz CT molecular complexity index is 396. The number of nitrogens with one attached hydrogen (secondary N) is 1. The molecule has 88 valence electrons. The molecular weight excluding hydrogens is 249 g/mol. The number of amidine groups is 1. The van der Waals surface area contributed by atoms with E-state index in [9.17, 15) is 0 Å². The number of hydrogen-bond acceptors (Lipinski definition) is 3. The monoisotopic (exact) mass is 261 g/mol. The molecule has 1 unspecified atom stereocenters. The summed E-state index contributed by atoms with van der Waals surface area (Å²) in [5.41, 5.74) is 6.13. The van der Waals surface area contributed by atoms with Crippen molar-refractivity contribution in [1.82, 2.24) is 0 Å². The Morgan fingerprint density at radius 1 is 1.56 bits per heavy atom. The summed E-state index contributed by atoms with van der Waals surface area (Å²) in [6, 6.07) is 5.32. The van der Waals surface area contributed by atoms with Gasteiger partial charge >= 0.3 is 0 Å². The van der Waals surface area contributed by atoms with Gasteiger partial charge in [-0.1, -0.05) is 34.4 Å². The van der Waals surface area contributed by atoms with Crippen molar-refractivity contribution in [2.45, 2.75) is 19.4 Å². The molecule has 1 rings (SSSR count). The van der Waals surface area contributed by atoms with E-state index in [-0.39, 0.29) is 11.9 Å². The Labute approximate surface area is 104 Å². The van der Waals surface area contributed by atoms with E-state index < -0.39 is 0 Å². The lowest BCUT2D eigenvalue weighted by molar-refractivity contribution is 0.316. The van der Waals surface area contributed by atoms with Gasteiger partial charge in [0.2, 0.25) is 0 Å². The van der Waals surface area contributed by atoms with Crippen LogP contribution in [0.1, 0.15) is 13.3 Å². The topological polar surface area (TPSA) is 70.6 Å². The maximum atomic E-state index is 8.44. The maximum absolute atomic E-state index is 8.44. The first-order valence-corrected chi connectivity index (χ1v) is 5.47. The van der Waals surface area contributed by atoms with E-state index in [1.807, 2.05) is 13.0 Å². The fourth-order valence-corrected chi connectivity index (χ4v) is 1.64. The van der Waals surface area contributed by atoms with Crippen LogP contribution in [-0.4, -0.2) is 17.1 Å². The molecule has 0 saturated carbocycles. The van der Waals surface area contributed by atoms with Gasteiger partial charge in [0, 0.05) is 12.5 Å². The molecule has 4 N–H and O–H groups in total. The number of nitrogens with two attached hydrogens (primary N) is 1. The third-order valence-corrected chi connectivity index (χ3v) is 2.82. The lowest BCUT2D eigenvalue weighted by Gasteiger charge is -2.15. The Morgan fingerprint density at radius 3 is 2.88 bits per heavy atom. The molecule has 0 aliphatic rings. The Morgan fingerprint density at radius 2 is 2.25 bits per heavy atom. The number of oxime groups is 1. The molecule has 0 saturated heterocycles. The minimum atomic E-state index is -0.00753. The van der Waals surface area contributed by atoms with Crippen LogP contribution >= 0.6 is 23.2 Å².